The van der Waals surface area contributed by atoms with Gasteiger partial charge in [0.1, 0.15) is 5.75 Å². The molecule has 2 rings (SSSR count). The molecule has 0 radical (unpaired) electrons. The second-order valence-electron chi connectivity index (χ2n) is 6.14. The minimum atomic E-state index is 0.168. The lowest BCUT2D eigenvalue weighted by Crippen LogP contribution is -2.35. The summed E-state index contributed by atoms with van der Waals surface area (Å²) in [5.41, 5.74) is 3.47. The van der Waals surface area contributed by atoms with Gasteiger partial charge in [-0.25, -0.2) is 0 Å². The number of thiocarbonyl (C=S) groups is 1. The van der Waals surface area contributed by atoms with Crippen LogP contribution in [0, 0.1) is 12.8 Å². The van der Waals surface area contributed by atoms with Crippen LogP contribution in [0.1, 0.15) is 37.9 Å². The molecular formula is C20H26N2OS. The largest absolute Gasteiger partial charge is 0.494 e. The molecule has 0 fully saturated rings. The van der Waals surface area contributed by atoms with E-state index in [1.165, 1.54) is 11.1 Å². The fourth-order valence-electron chi connectivity index (χ4n) is 2.68. The molecule has 0 aliphatic carbocycles. The molecule has 0 unspecified atom stereocenters. The smallest absolute Gasteiger partial charge is 0.171 e. The number of nitrogens with one attached hydrogen (secondary N) is 2. The van der Waals surface area contributed by atoms with Gasteiger partial charge in [-0.3, -0.25) is 0 Å². The van der Waals surface area contributed by atoms with Crippen LogP contribution in [-0.4, -0.2) is 11.7 Å². The highest BCUT2D eigenvalue weighted by Crippen LogP contribution is 2.25. The summed E-state index contributed by atoms with van der Waals surface area (Å²) in [6.07, 6.45) is 0. The Balaban J connectivity index is 2.09. The average molecular weight is 343 g/mol. The topological polar surface area (TPSA) is 33.3 Å². The lowest BCUT2D eigenvalue weighted by molar-refractivity contribution is 0.340. The summed E-state index contributed by atoms with van der Waals surface area (Å²) in [7, 11) is 0. The molecule has 24 heavy (non-hydrogen) atoms. The number of anilines is 1. The molecular weight excluding hydrogens is 316 g/mol. The number of hydrogen-bond acceptors (Lipinski definition) is 2. The van der Waals surface area contributed by atoms with Gasteiger partial charge in [0.25, 0.3) is 0 Å². The third-order valence-corrected chi connectivity index (χ3v) is 4.10. The van der Waals surface area contributed by atoms with Gasteiger partial charge in [-0.1, -0.05) is 44.2 Å². The SMILES string of the molecule is CCOc1cccc(NC(=S)N[C@@H](c2ccccc2C)C(C)C)c1. The van der Waals surface area contributed by atoms with Gasteiger partial charge in [0.2, 0.25) is 0 Å². The van der Waals surface area contributed by atoms with E-state index in [1.807, 2.05) is 31.2 Å². The molecule has 2 aromatic carbocycles. The van der Waals surface area contributed by atoms with Gasteiger partial charge < -0.3 is 15.4 Å². The number of aryl methyl sites for hydroxylation is 1. The van der Waals surface area contributed by atoms with Crippen molar-refractivity contribution in [2.75, 3.05) is 11.9 Å². The van der Waals surface area contributed by atoms with Crippen LogP contribution in [0.5, 0.6) is 5.75 Å². The Morgan fingerprint density at radius 3 is 2.54 bits per heavy atom. The van der Waals surface area contributed by atoms with Gasteiger partial charge >= 0.3 is 0 Å². The van der Waals surface area contributed by atoms with Gasteiger partial charge in [0, 0.05) is 11.8 Å². The molecule has 0 heterocycles. The second kappa shape index (κ2) is 8.69. The van der Waals surface area contributed by atoms with Crippen LogP contribution in [0.4, 0.5) is 5.69 Å². The first kappa shape index (κ1) is 18.3. The van der Waals surface area contributed by atoms with Crippen molar-refractivity contribution in [2.45, 2.75) is 33.7 Å². The van der Waals surface area contributed by atoms with Gasteiger partial charge in [-0.2, -0.15) is 0 Å². The van der Waals surface area contributed by atoms with Gasteiger partial charge in [0.15, 0.2) is 5.11 Å². The molecule has 0 aliphatic heterocycles. The predicted molar refractivity (Wildman–Crippen MR) is 106 cm³/mol. The normalized spacial score (nSPS) is 11.9. The third kappa shape index (κ3) is 4.96. The molecule has 2 N–H and O–H groups in total. The van der Waals surface area contributed by atoms with Crippen LogP contribution >= 0.6 is 12.2 Å². The molecule has 0 aliphatic rings. The Hall–Kier alpha value is -2.07. The van der Waals surface area contributed by atoms with Crippen LogP contribution in [0.15, 0.2) is 48.5 Å². The van der Waals surface area contributed by atoms with E-state index in [4.69, 9.17) is 17.0 Å². The summed E-state index contributed by atoms with van der Waals surface area (Å²) in [6.45, 7) is 9.15. The fraction of sp³-hybridized carbons (Fsp3) is 0.350. The highest BCUT2D eigenvalue weighted by Gasteiger charge is 2.18. The van der Waals surface area contributed by atoms with E-state index in [0.29, 0.717) is 17.6 Å². The molecule has 0 saturated carbocycles. The summed E-state index contributed by atoms with van der Waals surface area (Å²) in [5, 5.41) is 7.32. The zero-order chi connectivity index (χ0) is 17.5. The molecule has 128 valence electrons. The van der Waals surface area contributed by atoms with E-state index in [1.54, 1.807) is 0 Å². The second-order valence-corrected chi connectivity index (χ2v) is 6.55. The van der Waals surface area contributed by atoms with E-state index in [2.05, 4.69) is 55.7 Å². The highest BCUT2D eigenvalue weighted by atomic mass is 32.1. The Morgan fingerprint density at radius 1 is 1.12 bits per heavy atom. The summed E-state index contributed by atoms with van der Waals surface area (Å²) in [6, 6.07) is 16.4. The molecule has 4 heteroatoms. The van der Waals surface area contributed by atoms with Crippen LogP contribution in [0.2, 0.25) is 0 Å². The maximum atomic E-state index is 5.53. The minimum Gasteiger partial charge on any atom is -0.494 e. The summed E-state index contributed by atoms with van der Waals surface area (Å²) in [5.74, 6) is 1.25. The molecule has 0 amide bonds. The van der Waals surface area contributed by atoms with Crippen molar-refractivity contribution in [2.24, 2.45) is 5.92 Å². The van der Waals surface area contributed by atoms with Crippen molar-refractivity contribution in [3.05, 3.63) is 59.7 Å². The molecule has 0 saturated heterocycles. The quantitative estimate of drug-likeness (QED) is 0.718. The number of rotatable bonds is 6. The van der Waals surface area contributed by atoms with E-state index < -0.39 is 0 Å². The van der Waals surface area contributed by atoms with E-state index >= 15 is 0 Å². The Labute approximate surface area is 150 Å². The first-order valence-corrected chi connectivity index (χ1v) is 8.78. The number of ether oxygens (including phenoxy) is 1. The zero-order valence-electron chi connectivity index (χ0n) is 14.8. The molecule has 0 aromatic heterocycles. The monoisotopic (exact) mass is 342 g/mol. The van der Waals surface area contributed by atoms with E-state index in [0.717, 1.165) is 11.4 Å². The molecule has 0 spiro atoms. The molecule has 1 atom stereocenters. The van der Waals surface area contributed by atoms with Crippen molar-refractivity contribution in [3.63, 3.8) is 0 Å². The Kier molecular flexibility index (Phi) is 6.62. The molecule has 3 nitrogen and oxygen atoms in total. The van der Waals surface area contributed by atoms with Crippen molar-refractivity contribution in [1.29, 1.82) is 0 Å². The van der Waals surface area contributed by atoms with Gasteiger partial charge in [0.05, 0.1) is 12.6 Å². The first-order chi connectivity index (χ1) is 11.5. The zero-order valence-corrected chi connectivity index (χ0v) is 15.6. The maximum Gasteiger partial charge on any atom is 0.171 e. The van der Waals surface area contributed by atoms with Gasteiger partial charge in [-0.05, 0) is 55.2 Å². The number of hydrogen-bond donors (Lipinski definition) is 2. The molecule has 2 aromatic rings. The predicted octanol–water partition coefficient (Wildman–Crippen LogP) is 5.08. The van der Waals surface area contributed by atoms with Gasteiger partial charge in [-0.15, -0.1) is 0 Å². The molecule has 0 bridgehead atoms. The summed E-state index contributed by atoms with van der Waals surface area (Å²) in [4.78, 5) is 0. The van der Waals surface area contributed by atoms with Crippen LogP contribution in [0.25, 0.3) is 0 Å². The first-order valence-electron chi connectivity index (χ1n) is 8.37. The van der Waals surface area contributed by atoms with Crippen LogP contribution in [0.3, 0.4) is 0 Å². The van der Waals surface area contributed by atoms with Crippen LogP contribution < -0.4 is 15.4 Å². The fourth-order valence-corrected chi connectivity index (χ4v) is 2.92. The summed E-state index contributed by atoms with van der Waals surface area (Å²) < 4.78 is 5.53. The Bertz CT molecular complexity index is 685. The van der Waals surface area contributed by atoms with Crippen molar-refractivity contribution in [3.8, 4) is 5.75 Å². The van der Waals surface area contributed by atoms with E-state index in [9.17, 15) is 0 Å². The van der Waals surface area contributed by atoms with Crippen molar-refractivity contribution >= 4 is 23.0 Å². The summed E-state index contributed by atoms with van der Waals surface area (Å²) >= 11 is 5.52. The minimum absolute atomic E-state index is 0.168. The van der Waals surface area contributed by atoms with Crippen LogP contribution in [-0.2, 0) is 0 Å². The van der Waals surface area contributed by atoms with Crippen molar-refractivity contribution in [1.82, 2.24) is 5.32 Å². The highest BCUT2D eigenvalue weighted by molar-refractivity contribution is 7.80. The Morgan fingerprint density at radius 2 is 1.88 bits per heavy atom. The van der Waals surface area contributed by atoms with E-state index in [-0.39, 0.29) is 6.04 Å². The average Bonchev–Trinajstić information content (AvgIpc) is 2.54. The van der Waals surface area contributed by atoms with Crippen molar-refractivity contribution < 1.29 is 4.74 Å². The lowest BCUT2D eigenvalue weighted by Gasteiger charge is -2.26. The standard InChI is InChI=1S/C20H26N2OS/c1-5-23-17-11-8-10-16(13-17)21-20(24)22-19(14(2)3)18-12-7-6-9-15(18)4/h6-14,19H,5H2,1-4H3,(H2,21,22,24)/t19-/m1/s1. The third-order valence-electron chi connectivity index (χ3n) is 3.88. The number of benzene rings is 2. The lowest BCUT2D eigenvalue weighted by atomic mass is 9.93. The maximum absolute atomic E-state index is 5.53.